The molecule has 1 saturated heterocycles. The van der Waals surface area contributed by atoms with Gasteiger partial charge in [-0.25, -0.2) is 0 Å². The second-order valence-electron chi connectivity index (χ2n) is 5.65. The van der Waals surface area contributed by atoms with E-state index in [1.807, 2.05) is 0 Å². The zero-order chi connectivity index (χ0) is 18.4. The van der Waals surface area contributed by atoms with Crippen LogP contribution in [-0.4, -0.2) is 70.0 Å². The minimum absolute atomic E-state index is 0.178. The average Bonchev–Trinajstić information content (AvgIpc) is 2.61. The van der Waals surface area contributed by atoms with Gasteiger partial charge >= 0.3 is 6.18 Å². The number of halogens is 3. The Morgan fingerprint density at radius 2 is 1.76 bits per heavy atom. The molecule has 0 radical (unpaired) electrons. The third-order valence-electron chi connectivity index (χ3n) is 4.04. The van der Waals surface area contributed by atoms with E-state index in [-0.39, 0.29) is 18.7 Å². The van der Waals surface area contributed by atoms with Crippen LogP contribution in [0.25, 0.3) is 0 Å². The monoisotopic (exact) mass is 361 g/mol. The van der Waals surface area contributed by atoms with Crippen LogP contribution in [0.4, 0.5) is 13.2 Å². The minimum Gasteiger partial charge on any atom is -0.497 e. The van der Waals surface area contributed by atoms with Crippen LogP contribution < -0.4 is 20.1 Å². The minimum atomic E-state index is -4.42. The van der Waals surface area contributed by atoms with Crippen molar-refractivity contribution in [3.05, 3.63) is 23.8 Å². The molecule has 2 N–H and O–H groups in total. The first kappa shape index (κ1) is 19.3. The highest BCUT2D eigenvalue weighted by Gasteiger charge is 2.43. The van der Waals surface area contributed by atoms with Gasteiger partial charge in [0, 0.05) is 44.4 Å². The summed E-state index contributed by atoms with van der Waals surface area (Å²) in [5.74, 6) is 0.166. The summed E-state index contributed by atoms with van der Waals surface area (Å²) < 4.78 is 50.2. The number of alkyl halides is 3. The summed E-state index contributed by atoms with van der Waals surface area (Å²) in [6, 6.07) is 2.76. The van der Waals surface area contributed by atoms with Gasteiger partial charge in [-0.1, -0.05) is 0 Å². The standard InChI is InChI=1S/C16H22F3N3O3/c1-24-12-7-11(8-13(9-12)25-2)15(23)21-10-14(16(17,18)19)22-5-3-20-4-6-22/h7-9,14,20H,3-6,10H2,1-2H3,(H,21,23). The number of benzene rings is 1. The fourth-order valence-corrected chi connectivity index (χ4v) is 2.68. The molecule has 2 rings (SSSR count). The molecular weight excluding hydrogens is 339 g/mol. The van der Waals surface area contributed by atoms with Gasteiger partial charge in [-0.05, 0) is 12.1 Å². The predicted molar refractivity (Wildman–Crippen MR) is 86.2 cm³/mol. The number of methoxy groups -OCH3 is 2. The lowest BCUT2D eigenvalue weighted by atomic mass is 10.1. The molecule has 1 aromatic carbocycles. The molecule has 1 atom stereocenters. The number of ether oxygens (including phenoxy) is 2. The van der Waals surface area contributed by atoms with Gasteiger partial charge in [0.1, 0.15) is 17.5 Å². The molecule has 140 valence electrons. The number of nitrogens with zero attached hydrogens (tertiary/aromatic N) is 1. The quantitative estimate of drug-likeness (QED) is 0.799. The number of nitrogens with one attached hydrogen (secondary N) is 2. The topological polar surface area (TPSA) is 62.8 Å². The van der Waals surface area contributed by atoms with Crippen LogP contribution in [0.15, 0.2) is 18.2 Å². The number of carbonyl (C=O) groups excluding carboxylic acids is 1. The maximum Gasteiger partial charge on any atom is 0.405 e. The van der Waals surface area contributed by atoms with E-state index in [9.17, 15) is 18.0 Å². The molecule has 1 aliphatic rings. The van der Waals surface area contributed by atoms with E-state index < -0.39 is 24.7 Å². The van der Waals surface area contributed by atoms with Crippen LogP contribution in [-0.2, 0) is 0 Å². The fraction of sp³-hybridized carbons (Fsp3) is 0.562. The Hall–Kier alpha value is -2.00. The third-order valence-corrected chi connectivity index (χ3v) is 4.04. The Bertz CT molecular complexity index is 567. The van der Waals surface area contributed by atoms with Crippen LogP contribution in [0, 0.1) is 0 Å². The zero-order valence-corrected chi connectivity index (χ0v) is 14.2. The molecule has 0 bridgehead atoms. The highest BCUT2D eigenvalue weighted by Crippen LogP contribution is 2.25. The zero-order valence-electron chi connectivity index (χ0n) is 14.2. The van der Waals surface area contributed by atoms with E-state index in [1.165, 1.54) is 31.3 Å². The van der Waals surface area contributed by atoms with Gasteiger partial charge in [0.05, 0.1) is 14.2 Å². The second kappa shape index (κ2) is 8.39. The van der Waals surface area contributed by atoms with Gasteiger partial charge in [-0.15, -0.1) is 0 Å². The van der Waals surface area contributed by atoms with E-state index in [0.717, 1.165) is 0 Å². The average molecular weight is 361 g/mol. The maximum absolute atomic E-state index is 13.3. The van der Waals surface area contributed by atoms with Crippen LogP contribution in [0.2, 0.25) is 0 Å². The Morgan fingerprint density at radius 1 is 1.20 bits per heavy atom. The number of amides is 1. The van der Waals surface area contributed by atoms with Gasteiger partial charge < -0.3 is 20.1 Å². The summed E-state index contributed by atoms with van der Waals surface area (Å²) >= 11 is 0. The molecule has 1 heterocycles. The summed E-state index contributed by atoms with van der Waals surface area (Å²) in [4.78, 5) is 13.6. The number of hydrogen-bond donors (Lipinski definition) is 2. The summed E-state index contributed by atoms with van der Waals surface area (Å²) in [5, 5.41) is 5.39. The fourth-order valence-electron chi connectivity index (χ4n) is 2.68. The predicted octanol–water partition coefficient (Wildman–Crippen LogP) is 1.27. The maximum atomic E-state index is 13.3. The van der Waals surface area contributed by atoms with Crippen molar-refractivity contribution in [1.82, 2.24) is 15.5 Å². The molecule has 1 aromatic rings. The van der Waals surface area contributed by atoms with E-state index in [2.05, 4.69) is 10.6 Å². The van der Waals surface area contributed by atoms with E-state index >= 15 is 0 Å². The molecule has 6 nitrogen and oxygen atoms in total. The molecule has 1 unspecified atom stereocenters. The second-order valence-corrected chi connectivity index (χ2v) is 5.65. The van der Waals surface area contributed by atoms with E-state index in [0.29, 0.717) is 24.6 Å². The number of rotatable bonds is 6. The Labute approximate surface area is 144 Å². The third kappa shape index (κ3) is 5.23. The summed E-state index contributed by atoms with van der Waals surface area (Å²) in [5.41, 5.74) is 0.178. The van der Waals surface area contributed by atoms with Gasteiger partial charge in [-0.3, -0.25) is 9.69 Å². The summed E-state index contributed by atoms with van der Waals surface area (Å²) in [6.45, 7) is 1.04. The van der Waals surface area contributed by atoms with Gasteiger partial charge in [0.25, 0.3) is 5.91 Å². The Kier molecular flexibility index (Phi) is 6.49. The SMILES string of the molecule is COc1cc(OC)cc(C(=O)NCC(N2CCNCC2)C(F)(F)F)c1. The number of hydrogen-bond acceptors (Lipinski definition) is 5. The lowest BCUT2D eigenvalue weighted by Crippen LogP contribution is -2.57. The van der Waals surface area contributed by atoms with Gasteiger partial charge in [-0.2, -0.15) is 13.2 Å². The van der Waals surface area contributed by atoms with Crippen molar-refractivity contribution in [2.24, 2.45) is 0 Å². The van der Waals surface area contributed by atoms with Crippen LogP contribution >= 0.6 is 0 Å². The lowest BCUT2D eigenvalue weighted by Gasteiger charge is -2.35. The number of carbonyl (C=O) groups is 1. The van der Waals surface area contributed by atoms with Crippen molar-refractivity contribution in [1.29, 1.82) is 0 Å². The molecule has 1 aliphatic heterocycles. The largest absolute Gasteiger partial charge is 0.497 e. The number of piperazine rings is 1. The first-order valence-electron chi connectivity index (χ1n) is 7.88. The lowest BCUT2D eigenvalue weighted by molar-refractivity contribution is -0.183. The van der Waals surface area contributed by atoms with E-state index in [1.54, 1.807) is 6.07 Å². The van der Waals surface area contributed by atoms with Crippen molar-refractivity contribution in [3.63, 3.8) is 0 Å². The summed E-state index contributed by atoms with van der Waals surface area (Å²) in [6.07, 6.45) is -4.42. The van der Waals surface area contributed by atoms with Crippen molar-refractivity contribution in [2.45, 2.75) is 12.2 Å². The molecular formula is C16H22F3N3O3. The Balaban J connectivity index is 2.08. The van der Waals surface area contributed by atoms with E-state index in [4.69, 9.17) is 9.47 Å². The van der Waals surface area contributed by atoms with Crippen molar-refractivity contribution in [3.8, 4) is 11.5 Å². The van der Waals surface area contributed by atoms with Crippen molar-refractivity contribution >= 4 is 5.91 Å². The molecule has 0 aromatic heterocycles. The van der Waals surface area contributed by atoms with Crippen LogP contribution in [0.5, 0.6) is 11.5 Å². The molecule has 0 aliphatic carbocycles. The van der Waals surface area contributed by atoms with Crippen LogP contribution in [0.1, 0.15) is 10.4 Å². The molecule has 1 fully saturated rings. The smallest absolute Gasteiger partial charge is 0.405 e. The van der Waals surface area contributed by atoms with Crippen LogP contribution in [0.3, 0.4) is 0 Å². The molecule has 0 saturated carbocycles. The van der Waals surface area contributed by atoms with Crippen molar-refractivity contribution in [2.75, 3.05) is 46.9 Å². The van der Waals surface area contributed by atoms with Crippen molar-refractivity contribution < 1.29 is 27.4 Å². The molecule has 0 spiro atoms. The van der Waals surface area contributed by atoms with Gasteiger partial charge in [0.15, 0.2) is 0 Å². The molecule has 1 amide bonds. The first-order chi connectivity index (χ1) is 11.8. The molecule has 25 heavy (non-hydrogen) atoms. The highest BCUT2D eigenvalue weighted by molar-refractivity contribution is 5.95. The summed E-state index contributed by atoms with van der Waals surface area (Å²) in [7, 11) is 2.86. The molecule has 9 heteroatoms. The normalized spacial score (nSPS) is 17.0. The van der Waals surface area contributed by atoms with Gasteiger partial charge in [0.2, 0.25) is 0 Å². The Morgan fingerprint density at radius 3 is 2.24 bits per heavy atom. The first-order valence-corrected chi connectivity index (χ1v) is 7.88. The highest BCUT2D eigenvalue weighted by atomic mass is 19.4.